The zero-order valence-corrected chi connectivity index (χ0v) is 12.9. The molecule has 2 unspecified atom stereocenters. The molecule has 1 saturated heterocycles. The monoisotopic (exact) mass is 310 g/mol. The number of aryl methyl sites for hydroxylation is 1. The molecule has 0 radical (unpaired) electrons. The van der Waals surface area contributed by atoms with E-state index >= 15 is 0 Å². The van der Waals surface area contributed by atoms with Crippen molar-refractivity contribution in [1.82, 2.24) is 4.90 Å². The number of anilines is 1. The molecule has 2 amide bonds. The van der Waals surface area contributed by atoms with Crippen molar-refractivity contribution in [2.45, 2.75) is 26.4 Å². The molecule has 1 aliphatic heterocycles. The van der Waals surface area contributed by atoms with E-state index in [4.69, 9.17) is 11.6 Å². The molecule has 114 valence electrons. The van der Waals surface area contributed by atoms with Crippen molar-refractivity contribution in [3.63, 3.8) is 0 Å². The van der Waals surface area contributed by atoms with Gasteiger partial charge in [-0.25, -0.2) is 0 Å². The number of nitrogens with one attached hydrogen (secondary N) is 1. The molecule has 1 aromatic rings. The fraction of sp³-hybridized carbons (Fsp3) is 0.467. The lowest BCUT2D eigenvalue weighted by atomic mass is 10.0. The minimum atomic E-state index is -0.674. The number of halogens is 1. The summed E-state index contributed by atoms with van der Waals surface area (Å²) in [5.74, 6) is -1.21. The predicted molar refractivity (Wildman–Crippen MR) is 81.2 cm³/mol. The Bertz CT molecular complexity index is 560. The molecule has 21 heavy (non-hydrogen) atoms. The molecule has 0 saturated carbocycles. The Morgan fingerprint density at radius 1 is 1.48 bits per heavy atom. The number of amides is 2. The third-order valence-corrected chi connectivity index (χ3v) is 4.07. The van der Waals surface area contributed by atoms with E-state index in [1.807, 2.05) is 6.92 Å². The summed E-state index contributed by atoms with van der Waals surface area (Å²) >= 11 is 5.89. The fourth-order valence-electron chi connectivity index (χ4n) is 2.41. The highest BCUT2D eigenvalue weighted by Gasteiger charge is 2.32. The van der Waals surface area contributed by atoms with Gasteiger partial charge in [-0.05, 0) is 38.0 Å². The molecule has 0 aliphatic carbocycles. The van der Waals surface area contributed by atoms with Crippen LogP contribution in [0.2, 0.25) is 5.02 Å². The van der Waals surface area contributed by atoms with E-state index in [-0.39, 0.29) is 5.92 Å². The minimum Gasteiger partial charge on any atom is -0.393 e. The van der Waals surface area contributed by atoms with Crippen molar-refractivity contribution in [1.29, 1.82) is 0 Å². The number of likely N-dealkylation sites (tertiary alicyclic amines) is 1. The Labute approximate surface area is 128 Å². The number of hydrogen-bond donors (Lipinski definition) is 2. The van der Waals surface area contributed by atoms with Crippen LogP contribution in [0.3, 0.4) is 0 Å². The van der Waals surface area contributed by atoms with Crippen LogP contribution in [0.15, 0.2) is 18.2 Å². The molecule has 1 heterocycles. The highest BCUT2D eigenvalue weighted by Crippen LogP contribution is 2.22. The molecule has 5 nitrogen and oxygen atoms in total. The Morgan fingerprint density at radius 3 is 2.81 bits per heavy atom. The van der Waals surface area contributed by atoms with E-state index < -0.39 is 17.9 Å². The molecule has 1 aliphatic rings. The Morgan fingerprint density at radius 2 is 2.19 bits per heavy atom. The smallest absolute Gasteiger partial charge is 0.313 e. The first-order valence-corrected chi connectivity index (χ1v) is 7.30. The second-order valence-electron chi connectivity index (χ2n) is 5.45. The maximum atomic E-state index is 12.1. The first-order chi connectivity index (χ1) is 9.88. The third kappa shape index (κ3) is 3.74. The second-order valence-corrected chi connectivity index (χ2v) is 5.89. The molecular formula is C15H19ClN2O3. The van der Waals surface area contributed by atoms with E-state index in [0.717, 1.165) is 5.56 Å². The summed E-state index contributed by atoms with van der Waals surface area (Å²) in [4.78, 5) is 25.6. The van der Waals surface area contributed by atoms with Crippen LogP contribution in [0, 0.1) is 12.8 Å². The average molecular weight is 311 g/mol. The van der Waals surface area contributed by atoms with Crippen LogP contribution >= 0.6 is 11.6 Å². The van der Waals surface area contributed by atoms with Gasteiger partial charge in [0.2, 0.25) is 0 Å². The van der Waals surface area contributed by atoms with Crippen molar-refractivity contribution in [3.05, 3.63) is 28.8 Å². The van der Waals surface area contributed by atoms with Crippen LogP contribution in [0.5, 0.6) is 0 Å². The summed E-state index contributed by atoms with van der Waals surface area (Å²) < 4.78 is 0. The summed E-state index contributed by atoms with van der Waals surface area (Å²) in [5.41, 5.74) is 1.37. The van der Waals surface area contributed by atoms with Crippen molar-refractivity contribution in [2.24, 2.45) is 5.92 Å². The van der Waals surface area contributed by atoms with Crippen LogP contribution in [0.4, 0.5) is 5.69 Å². The van der Waals surface area contributed by atoms with E-state index in [1.54, 1.807) is 25.1 Å². The van der Waals surface area contributed by atoms with Crippen molar-refractivity contribution in [2.75, 3.05) is 18.4 Å². The average Bonchev–Trinajstić information content (AvgIpc) is 2.91. The van der Waals surface area contributed by atoms with E-state index in [2.05, 4.69) is 5.32 Å². The lowest BCUT2D eigenvalue weighted by Gasteiger charge is -2.17. The summed E-state index contributed by atoms with van der Waals surface area (Å²) in [6, 6.07) is 5.12. The highest BCUT2D eigenvalue weighted by molar-refractivity contribution is 6.40. The van der Waals surface area contributed by atoms with Gasteiger partial charge in [-0.15, -0.1) is 0 Å². The number of hydrogen-bond acceptors (Lipinski definition) is 3. The van der Waals surface area contributed by atoms with Gasteiger partial charge in [0.1, 0.15) is 0 Å². The molecule has 2 N–H and O–H groups in total. The van der Waals surface area contributed by atoms with Gasteiger partial charge in [0.25, 0.3) is 0 Å². The van der Waals surface area contributed by atoms with Crippen LogP contribution in [0.25, 0.3) is 0 Å². The molecule has 1 fully saturated rings. The molecule has 0 aromatic heterocycles. The Balaban J connectivity index is 2.00. The van der Waals surface area contributed by atoms with Crippen molar-refractivity contribution in [3.8, 4) is 0 Å². The molecule has 0 bridgehead atoms. The number of rotatable bonds is 2. The maximum Gasteiger partial charge on any atom is 0.313 e. The van der Waals surface area contributed by atoms with Gasteiger partial charge in [-0.3, -0.25) is 9.59 Å². The predicted octanol–water partition coefficient (Wildman–Crippen LogP) is 1.82. The zero-order chi connectivity index (χ0) is 15.6. The molecule has 6 heteroatoms. The number of nitrogens with zero attached hydrogens (tertiary/aromatic N) is 1. The summed E-state index contributed by atoms with van der Waals surface area (Å²) in [7, 11) is 0. The standard InChI is InChI=1S/C15H19ClN2O3/c1-9-3-4-12(16)7-13(9)17-14(20)15(21)18-6-5-11(8-18)10(2)19/h3-4,7,10-11,19H,5-6,8H2,1-2H3,(H,17,20). The molecule has 1 aromatic carbocycles. The quantitative estimate of drug-likeness (QED) is 0.819. The number of carbonyl (C=O) groups excluding carboxylic acids is 2. The lowest BCUT2D eigenvalue weighted by Crippen LogP contribution is -2.39. The molecule has 2 rings (SSSR count). The fourth-order valence-corrected chi connectivity index (χ4v) is 2.59. The number of aliphatic hydroxyl groups is 1. The van der Waals surface area contributed by atoms with Gasteiger partial charge in [0, 0.05) is 29.7 Å². The van der Waals surface area contributed by atoms with Gasteiger partial charge in [0.15, 0.2) is 0 Å². The van der Waals surface area contributed by atoms with Gasteiger partial charge >= 0.3 is 11.8 Å². The summed E-state index contributed by atoms with van der Waals surface area (Å²) in [6.45, 7) is 4.44. The van der Waals surface area contributed by atoms with Crippen molar-refractivity contribution < 1.29 is 14.7 Å². The summed E-state index contributed by atoms with van der Waals surface area (Å²) in [6.07, 6.45) is 0.244. The number of aliphatic hydroxyl groups excluding tert-OH is 1. The van der Waals surface area contributed by atoms with Crippen LogP contribution in [-0.2, 0) is 9.59 Å². The first-order valence-electron chi connectivity index (χ1n) is 6.93. The third-order valence-electron chi connectivity index (χ3n) is 3.84. The summed E-state index contributed by atoms with van der Waals surface area (Å²) in [5, 5.41) is 12.6. The first kappa shape index (κ1) is 15.8. The number of benzene rings is 1. The van der Waals surface area contributed by atoms with Gasteiger partial charge in [-0.1, -0.05) is 17.7 Å². The van der Waals surface area contributed by atoms with Gasteiger partial charge in [0.05, 0.1) is 6.10 Å². The van der Waals surface area contributed by atoms with Crippen LogP contribution in [0.1, 0.15) is 18.9 Å². The maximum absolute atomic E-state index is 12.1. The molecular weight excluding hydrogens is 292 g/mol. The van der Waals surface area contributed by atoms with E-state index in [1.165, 1.54) is 4.90 Å². The van der Waals surface area contributed by atoms with Crippen molar-refractivity contribution >= 4 is 29.1 Å². The second kappa shape index (κ2) is 6.45. The Hall–Kier alpha value is -1.59. The number of carbonyl (C=O) groups is 2. The van der Waals surface area contributed by atoms with E-state index in [9.17, 15) is 14.7 Å². The largest absolute Gasteiger partial charge is 0.393 e. The van der Waals surface area contributed by atoms with Crippen LogP contribution < -0.4 is 5.32 Å². The SMILES string of the molecule is Cc1ccc(Cl)cc1NC(=O)C(=O)N1CCC(C(C)O)C1. The zero-order valence-electron chi connectivity index (χ0n) is 12.1. The van der Waals surface area contributed by atoms with Crippen LogP contribution in [-0.4, -0.2) is 41.0 Å². The highest BCUT2D eigenvalue weighted by atomic mass is 35.5. The minimum absolute atomic E-state index is 0.0367. The van der Waals surface area contributed by atoms with Gasteiger partial charge < -0.3 is 15.3 Å². The normalized spacial score (nSPS) is 19.4. The molecule has 0 spiro atoms. The van der Waals surface area contributed by atoms with E-state index in [0.29, 0.717) is 30.2 Å². The topological polar surface area (TPSA) is 69.6 Å². The lowest BCUT2D eigenvalue weighted by molar-refractivity contribution is -0.142. The van der Waals surface area contributed by atoms with Gasteiger partial charge in [-0.2, -0.15) is 0 Å². The molecule has 2 atom stereocenters. The Kier molecular flexibility index (Phi) is 4.85.